The largest absolute Gasteiger partial charge is 0.486 e. The number of methoxy groups -OCH3 is 1. The Hall–Kier alpha value is -3.41. The zero-order chi connectivity index (χ0) is 27.3. The molecular formula is C26H24ClF3N4O4. The molecule has 1 fully saturated rings. The van der Waals surface area contributed by atoms with Gasteiger partial charge in [0.15, 0.2) is 5.60 Å². The molecule has 4 heterocycles. The minimum absolute atomic E-state index is 0.112. The van der Waals surface area contributed by atoms with Gasteiger partial charge in [0, 0.05) is 29.6 Å². The van der Waals surface area contributed by atoms with E-state index in [0.717, 1.165) is 12.3 Å². The molecule has 1 N–H and O–H groups in total. The third-order valence-corrected chi connectivity index (χ3v) is 6.96. The van der Waals surface area contributed by atoms with Crippen molar-refractivity contribution in [2.75, 3.05) is 26.9 Å². The van der Waals surface area contributed by atoms with Crippen LogP contribution >= 0.6 is 11.6 Å². The molecule has 200 valence electrons. The molecule has 3 aromatic heterocycles. The molecule has 1 atom stereocenters. The van der Waals surface area contributed by atoms with E-state index in [1.807, 2.05) is 6.92 Å². The first kappa shape index (κ1) is 26.2. The molecule has 12 heteroatoms. The van der Waals surface area contributed by atoms with E-state index >= 15 is 0 Å². The first-order valence-electron chi connectivity index (χ1n) is 11.6. The SMILES string of the molecule is COc1nc2ccc([C@@](O)(c3ccc(C(F)(F)F)nc3)c3cncn3C)cc2c(Cl)c1OCC1(C)COC1. The van der Waals surface area contributed by atoms with E-state index in [4.69, 9.17) is 25.8 Å². The number of hydrogen-bond donors (Lipinski definition) is 1. The van der Waals surface area contributed by atoms with Gasteiger partial charge in [-0.15, -0.1) is 0 Å². The number of hydrogen-bond acceptors (Lipinski definition) is 7. The first-order valence-corrected chi connectivity index (χ1v) is 12.0. The molecule has 8 nitrogen and oxygen atoms in total. The van der Waals surface area contributed by atoms with Crippen LogP contribution in [0.15, 0.2) is 49.1 Å². The van der Waals surface area contributed by atoms with Crippen molar-refractivity contribution in [3.05, 3.63) is 76.6 Å². The highest BCUT2D eigenvalue weighted by atomic mass is 35.5. The van der Waals surface area contributed by atoms with Crippen LogP contribution in [0.2, 0.25) is 5.02 Å². The van der Waals surface area contributed by atoms with Crippen LogP contribution in [-0.4, -0.2) is 51.6 Å². The van der Waals surface area contributed by atoms with Crippen LogP contribution in [0.5, 0.6) is 11.6 Å². The van der Waals surface area contributed by atoms with Gasteiger partial charge < -0.3 is 23.9 Å². The molecule has 38 heavy (non-hydrogen) atoms. The minimum atomic E-state index is -4.62. The first-order chi connectivity index (χ1) is 18.0. The Morgan fingerprint density at radius 3 is 2.45 bits per heavy atom. The summed E-state index contributed by atoms with van der Waals surface area (Å²) in [6.07, 6.45) is -0.700. The molecule has 0 aliphatic carbocycles. The second kappa shape index (κ2) is 9.40. The van der Waals surface area contributed by atoms with Crippen molar-refractivity contribution < 1.29 is 32.5 Å². The summed E-state index contributed by atoms with van der Waals surface area (Å²) >= 11 is 6.80. The van der Waals surface area contributed by atoms with E-state index in [1.165, 1.54) is 25.7 Å². The highest BCUT2D eigenvalue weighted by Gasteiger charge is 2.39. The number of benzene rings is 1. The lowest BCUT2D eigenvalue weighted by Gasteiger charge is -2.37. The predicted octanol–water partition coefficient (Wildman–Crippen LogP) is 4.74. The fraction of sp³-hybridized carbons (Fsp3) is 0.346. The molecule has 4 aromatic rings. The van der Waals surface area contributed by atoms with Crippen LogP contribution in [0.4, 0.5) is 13.2 Å². The highest BCUT2D eigenvalue weighted by molar-refractivity contribution is 6.37. The van der Waals surface area contributed by atoms with Crippen LogP contribution in [0.25, 0.3) is 10.9 Å². The number of nitrogens with zero attached hydrogens (tertiary/aromatic N) is 4. The van der Waals surface area contributed by atoms with Gasteiger partial charge in [0.2, 0.25) is 5.75 Å². The summed E-state index contributed by atoms with van der Waals surface area (Å²) < 4.78 is 57.8. The molecule has 1 aliphatic rings. The van der Waals surface area contributed by atoms with Gasteiger partial charge >= 0.3 is 6.18 Å². The van der Waals surface area contributed by atoms with Gasteiger partial charge in [-0.1, -0.05) is 30.7 Å². The second-order valence-electron chi connectivity index (χ2n) is 9.62. The summed E-state index contributed by atoms with van der Waals surface area (Å²) in [5, 5.41) is 12.8. The van der Waals surface area contributed by atoms with Crippen molar-refractivity contribution in [3.8, 4) is 11.6 Å². The van der Waals surface area contributed by atoms with E-state index in [-0.39, 0.29) is 27.6 Å². The van der Waals surface area contributed by atoms with Crippen LogP contribution in [0.3, 0.4) is 0 Å². The van der Waals surface area contributed by atoms with E-state index in [1.54, 1.807) is 29.8 Å². The Labute approximate surface area is 221 Å². The number of ether oxygens (including phenoxy) is 3. The average molecular weight is 549 g/mol. The maximum atomic E-state index is 13.2. The monoisotopic (exact) mass is 548 g/mol. The lowest BCUT2D eigenvalue weighted by atomic mass is 9.83. The summed E-state index contributed by atoms with van der Waals surface area (Å²) in [6.45, 7) is 3.45. The van der Waals surface area contributed by atoms with Crippen LogP contribution < -0.4 is 9.47 Å². The molecule has 0 saturated carbocycles. The van der Waals surface area contributed by atoms with E-state index < -0.39 is 17.5 Å². The second-order valence-corrected chi connectivity index (χ2v) is 10.00. The smallest absolute Gasteiger partial charge is 0.433 e. The zero-order valence-electron chi connectivity index (χ0n) is 20.7. The molecule has 1 aromatic carbocycles. The lowest BCUT2D eigenvalue weighted by Crippen LogP contribution is -2.44. The number of imidazole rings is 1. The summed E-state index contributed by atoms with van der Waals surface area (Å²) in [4.78, 5) is 12.2. The summed E-state index contributed by atoms with van der Waals surface area (Å²) in [6, 6.07) is 6.90. The fourth-order valence-electron chi connectivity index (χ4n) is 4.40. The molecule has 1 saturated heterocycles. The summed E-state index contributed by atoms with van der Waals surface area (Å²) in [5.74, 6) is 0.445. The van der Waals surface area contributed by atoms with Crippen molar-refractivity contribution in [2.45, 2.75) is 18.7 Å². The Balaban J connectivity index is 1.65. The van der Waals surface area contributed by atoms with Gasteiger partial charge in [0.25, 0.3) is 5.88 Å². The Kier molecular flexibility index (Phi) is 6.49. The third kappa shape index (κ3) is 4.44. The highest BCUT2D eigenvalue weighted by Crippen LogP contribution is 2.43. The van der Waals surface area contributed by atoms with E-state index in [0.29, 0.717) is 42.0 Å². The number of aryl methyl sites for hydroxylation is 1. The molecule has 0 unspecified atom stereocenters. The molecule has 0 amide bonds. The van der Waals surface area contributed by atoms with Crippen molar-refractivity contribution in [1.29, 1.82) is 0 Å². The summed E-state index contributed by atoms with van der Waals surface area (Å²) in [5.41, 5.74) is -1.95. The molecule has 1 aliphatic heterocycles. The number of rotatable bonds is 7. The number of halogens is 4. The quantitative estimate of drug-likeness (QED) is 0.356. The van der Waals surface area contributed by atoms with Crippen molar-refractivity contribution in [3.63, 3.8) is 0 Å². The Morgan fingerprint density at radius 2 is 1.89 bits per heavy atom. The molecular weight excluding hydrogens is 525 g/mol. The number of pyridine rings is 2. The van der Waals surface area contributed by atoms with Crippen LogP contribution in [-0.2, 0) is 23.6 Å². The van der Waals surface area contributed by atoms with Crippen LogP contribution in [0.1, 0.15) is 29.4 Å². The summed E-state index contributed by atoms with van der Waals surface area (Å²) in [7, 11) is 3.13. The zero-order valence-corrected chi connectivity index (χ0v) is 21.5. The molecule has 0 spiro atoms. The number of fused-ring (bicyclic) bond motifs is 1. The van der Waals surface area contributed by atoms with E-state index in [9.17, 15) is 18.3 Å². The van der Waals surface area contributed by atoms with Gasteiger partial charge in [-0.25, -0.2) is 9.97 Å². The average Bonchev–Trinajstić information content (AvgIpc) is 3.32. The number of alkyl halides is 3. The molecule has 5 rings (SSSR count). The number of aromatic nitrogens is 4. The molecule has 0 bridgehead atoms. The number of aliphatic hydroxyl groups is 1. The Morgan fingerprint density at radius 1 is 1.16 bits per heavy atom. The van der Waals surface area contributed by atoms with Gasteiger partial charge in [-0.3, -0.25) is 4.98 Å². The Bertz CT molecular complexity index is 1490. The van der Waals surface area contributed by atoms with Gasteiger partial charge in [-0.2, -0.15) is 13.2 Å². The standard InChI is InChI=1S/C26H24ClF3N4O4/c1-24(11-37-12-24)13-38-22-21(27)17-8-15(4-6-18(17)33-23(22)36-3)25(35,20-10-31-14-34(20)2)16-5-7-19(32-9-16)26(28,29)30/h4-10,14,35H,11-13H2,1-3H3/t25-/m1/s1. The van der Waals surface area contributed by atoms with Crippen molar-refractivity contribution >= 4 is 22.5 Å². The normalized spacial score (nSPS) is 16.6. The van der Waals surface area contributed by atoms with Crippen LogP contribution in [0, 0.1) is 5.41 Å². The van der Waals surface area contributed by atoms with E-state index in [2.05, 4.69) is 15.0 Å². The minimum Gasteiger partial charge on any atom is -0.486 e. The lowest BCUT2D eigenvalue weighted by molar-refractivity contribution is -0.141. The van der Waals surface area contributed by atoms with Crippen molar-refractivity contribution in [2.24, 2.45) is 12.5 Å². The van der Waals surface area contributed by atoms with Gasteiger partial charge in [0.05, 0.1) is 55.7 Å². The molecule has 0 radical (unpaired) electrons. The maximum absolute atomic E-state index is 13.2. The maximum Gasteiger partial charge on any atom is 0.433 e. The third-order valence-electron chi connectivity index (χ3n) is 6.58. The van der Waals surface area contributed by atoms with Gasteiger partial charge in [-0.05, 0) is 23.8 Å². The van der Waals surface area contributed by atoms with Crippen molar-refractivity contribution in [1.82, 2.24) is 19.5 Å². The fourth-order valence-corrected chi connectivity index (χ4v) is 4.69. The van der Waals surface area contributed by atoms with Gasteiger partial charge in [0.1, 0.15) is 5.69 Å². The predicted molar refractivity (Wildman–Crippen MR) is 132 cm³/mol. The topological polar surface area (TPSA) is 91.5 Å².